The minimum atomic E-state index is -4.74. The molecular formula is C22H18BrF3N4O3. The first-order valence-electron chi connectivity index (χ1n) is 10.0. The molecule has 33 heavy (non-hydrogen) atoms. The summed E-state index contributed by atoms with van der Waals surface area (Å²) in [6, 6.07) is 8.60. The molecule has 0 radical (unpaired) electrons. The Kier molecular flexibility index (Phi) is 6.21. The second kappa shape index (κ2) is 8.94. The van der Waals surface area contributed by atoms with Gasteiger partial charge in [0.15, 0.2) is 0 Å². The number of halogens is 4. The number of benzene rings is 1. The summed E-state index contributed by atoms with van der Waals surface area (Å²) in [5.41, 5.74) is 1.64. The van der Waals surface area contributed by atoms with Gasteiger partial charge in [0.2, 0.25) is 5.52 Å². The maximum atomic E-state index is 12.7. The van der Waals surface area contributed by atoms with E-state index in [1.807, 2.05) is 4.90 Å². The molecule has 0 bridgehead atoms. The number of hydrogen-bond acceptors (Lipinski definition) is 5. The summed E-state index contributed by atoms with van der Waals surface area (Å²) < 4.78 is 48.6. The molecule has 1 saturated heterocycles. The van der Waals surface area contributed by atoms with Crippen molar-refractivity contribution in [2.24, 2.45) is 7.05 Å². The van der Waals surface area contributed by atoms with Crippen LogP contribution in [0.2, 0.25) is 0 Å². The van der Waals surface area contributed by atoms with E-state index in [1.165, 1.54) is 28.8 Å². The van der Waals surface area contributed by atoms with Crippen molar-refractivity contribution < 1.29 is 22.6 Å². The van der Waals surface area contributed by atoms with Crippen molar-refractivity contribution in [1.82, 2.24) is 9.55 Å². The molecule has 4 rings (SSSR count). The van der Waals surface area contributed by atoms with E-state index in [2.05, 4.69) is 30.5 Å². The smallest absolute Gasteiger partial charge is 0.490 e. The number of nitrogens with zero attached hydrogens (tertiary/aromatic N) is 4. The topological polar surface area (TPSA) is 61.0 Å². The van der Waals surface area contributed by atoms with Gasteiger partial charge in [-0.3, -0.25) is 4.79 Å². The van der Waals surface area contributed by atoms with E-state index in [-0.39, 0.29) is 23.2 Å². The Bertz CT molecular complexity index is 1280. The molecule has 7 nitrogen and oxygen atoms in total. The highest BCUT2D eigenvalue weighted by molar-refractivity contribution is 9.10. The van der Waals surface area contributed by atoms with Crippen LogP contribution < -0.4 is 19.9 Å². The van der Waals surface area contributed by atoms with Crippen molar-refractivity contribution in [2.75, 3.05) is 18.0 Å². The van der Waals surface area contributed by atoms with Gasteiger partial charge in [-0.1, -0.05) is 6.57 Å². The number of aromatic nitrogens is 2. The lowest BCUT2D eigenvalue weighted by molar-refractivity contribution is -0.274. The number of ether oxygens (including phenoxy) is 2. The summed E-state index contributed by atoms with van der Waals surface area (Å²) in [7, 11) is 1.66. The van der Waals surface area contributed by atoms with Crippen LogP contribution in [0.15, 0.2) is 45.7 Å². The van der Waals surface area contributed by atoms with Gasteiger partial charge in [0.05, 0.1) is 5.52 Å². The number of alkyl halides is 3. The number of aryl methyl sites for hydroxylation is 1. The van der Waals surface area contributed by atoms with E-state index in [0.29, 0.717) is 52.9 Å². The molecule has 0 amide bonds. The molecule has 2 aromatic heterocycles. The Balaban J connectivity index is 1.50. The molecule has 0 atom stereocenters. The number of pyridine rings is 2. The third kappa shape index (κ3) is 4.90. The Morgan fingerprint density at radius 1 is 1.12 bits per heavy atom. The van der Waals surface area contributed by atoms with Crippen LogP contribution in [-0.2, 0) is 7.05 Å². The summed E-state index contributed by atoms with van der Waals surface area (Å²) in [6.07, 6.45) is -3.62. The Morgan fingerprint density at radius 3 is 2.36 bits per heavy atom. The van der Waals surface area contributed by atoms with Crippen LogP contribution in [-0.4, -0.2) is 35.1 Å². The number of fused-ring (bicyclic) bond motifs is 1. The monoisotopic (exact) mass is 522 g/mol. The zero-order valence-corrected chi connectivity index (χ0v) is 19.0. The summed E-state index contributed by atoms with van der Waals surface area (Å²) in [5.74, 6) is 0.385. The van der Waals surface area contributed by atoms with Crippen molar-refractivity contribution in [3.05, 3.63) is 62.6 Å². The summed E-state index contributed by atoms with van der Waals surface area (Å²) in [6.45, 7) is 8.41. The van der Waals surface area contributed by atoms with Gasteiger partial charge in [0.1, 0.15) is 27.8 Å². The molecule has 1 aromatic carbocycles. The lowest BCUT2D eigenvalue weighted by Crippen LogP contribution is -2.39. The molecule has 0 unspecified atom stereocenters. The minimum absolute atomic E-state index is 0.140. The van der Waals surface area contributed by atoms with Gasteiger partial charge in [0, 0.05) is 33.0 Å². The first kappa shape index (κ1) is 22.9. The van der Waals surface area contributed by atoms with Crippen molar-refractivity contribution in [2.45, 2.75) is 25.3 Å². The van der Waals surface area contributed by atoms with E-state index < -0.39 is 6.36 Å². The maximum absolute atomic E-state index is 12.7. The summed E-state index contributed by atoms with van der Waals surface area (Å²) in [5, 5.41) is 0. The molecule has 0 saturated carbocycles. The minimum Gasteiger partial charge on any atom is -0.490 e. The lowest BCUT2D eigenvalue weighted by atomic mass is 10.1. The van der Waals surface area contributed by atoms with Crippen LogP contribution in [0.5, 0.6) is 11.5 Å². The molecule has 1 aliphatic rings. The predicted octanol–water partition coefficient (Wildman–Crippen LogP) is 5.19. The standard InChI is InChI=1S/C22H18BrF3N4O3/c1-27-17-8-7-16-19(28-17)20(18(23)21(31)29(16)2)30-11-9-14(10-12-30)32-13-3-5-15(6-4-13)33-22(24,25)26/h3-8,14H,9-12H2,2H3. The normalized spacial score (nSPS) is 14.8. The van der Waals surface area contributed by atoms with Gasteiger partial charge < -0.3 is 23.8 Å². The van der Waals surface area contributed by atoms with E-state index in [0.717, 1.165) is 0 Å². The lowest BCUT2D eigenvalue weighted by Gasteiger charge is -2.34. The fraction of sp³-hybridized carbons (Fsp3) is 0.318. The van der Waals surface area contributed by atoms with Crippen LogP contribution in [0.1, 0.15) is 12.8 Å². The molecule has 0 aliphatic carbocycles. The highest BCUT2D eigenvalue weighted by Gasteiger charge is 2.31. The SMILES string of the molecule is [C-]#[N+]c1ccc2c(n1)c(N1CCC(Oc3ccc(OC(F)(F)F)cc3)CC1)c(Br)c(=O)n2C. The van der Waals surface area contributed by atoms with Crippen molar-refractivity contribution >= 4 is 38.5 Å². The number of rotatable bonds is 4. The fourth-order valence-corrected chi connectivity index (χ4v) is 4.51. The molecule has 0 spiro atoms. The number of piperidine rings is 1. The Labute approximate surface area is 195 Å². The summed E-state index contributed by atoms with van der Waals surface area (Å²) >= 11 is 3.41. The molecule has 11 heteroatoms. The highest BCUT2D eigenvalue weighted by Crippen LogP contribution is 2.34. The molecule has 3 heterocycles. The van der Waals surface area contributed by atoms with Crippen LogP contribution in [0.25, 0.3) is 15.9 Å². The third-order valence-corrected chi connectivity index (χ3v) is 6.09. The second-order valence-electron chi connectivity index (χ2n) is 7.50. The van der Waals surface area contributed by atoms with Crippen LogP contribution in [0.4, 0.5) is 24.7 Å². The Morgan fingerprint density at radius 2 is 1.76 bits per heavy atom. The van der Waals surface area contributed by atoms with E-state index in [1.54, 1.807) is 19.2 Å². The zero-order valence-electron chi connectivity index (χ0n) is 17.4. The van der Waals surface area contributed by atoms with E-state index in [4.69, 9.17) is 11.3 Å². The van der Waals surface area contributed by atoms with E-state index in [9.17, 15) is 18.0 Å². The van der Waals surface area contributed by atoms with Crippen LogP contribution in [0.3, 0.4) is 0 Å². The maximum Gasteiger partial charge on any atom is 0.573 e. The molecule has 1 fully saturated rings. The van der Waals surface area contributed by atoms with Crippen molar-refractivity contribution in [3.63, 3.8) is 0 Å². The van der Waals surface area contributed by atoms with Crippen LogP contribution >= 0.6 is 15.9 Å². The van der Waals surface area contributed by atoms with Crippen molar-refractivity contribution in [1.29, 1.82) is 0 Å². The number of anilines is 1. The molecule has 172 valence electrons. The van der Waals surface area contributed by atoms with Crippen molar-refractivity contribution in [3.8, 4) is 11.5 Å². The van der Waals surface area contributed by atoms with Gasteiger partial charge in [-0.15, -0.1) is 18.2 Å². The third-order valence-electron chi connectivity index (χ3n) is 5.38. The van der Waals surface area contributed by atoms with Gasteiger partial charge >= 0.3 is 6.36 Å². The zero-order chi connectivity index (χ0) is 23.8. The molecule has 3 aromatic rings. The molecular weight excluding hydrogens is 505 g/mol. The predicted molar refractivity (Wildman–Crippen MR) is 120 cm³/mol. The average Bonchev–Trinajstić information content (AvgIpc) is 2.79. The second-order valence-corrected chi connectivity index (χ2v) is 8.29. The fourth-order valence-electron chi connectivity index (χ4n) is 3.81. The average molecular weight is 523 g/mol. The molecule has 1 aliphatic heterocycles. The van der Waals surface area contributed by atoms with Gasteiger partial charge in [0.25, 0.3) is 11.4 Å². The van der Waals surface area contributed by atoms with Gasteiger partial charge in [-0.2, -0.15) is 0 Å². The largest absolute Gasteiger partial charge is 0.573 e. The van der Waals surface area contributed by atoms with Gasteiger partial charge in [-0.05, 0) is 52.3 Å². The van der Waals surface area contributed by atoms with E-state index >= 15 is 0 Å². The summed E-state index contributed by atoms with van der Waals surface area (Å²) in [4.78, 5) is 22.6. The number of hydrogen-bond donors (Lipinski definition) is 0. The Hall–Kier alpha value is -3.26. The quantitative estimate of drug-likeness (QED) is 0.441. The highest BCUT2D eigenvalue weighted by atomic mass is 79.9. The first-order valence-corrected chi connectivity index (χ1v) is 10.8. The molecule has 0 N–H and O–H groups in total. The van der Waals surface area contributed by atoms with Crippen LogP contribution in [0, 0.1) is 6.57 Å². The first-order chi connectivity index (χ1) is 15.7. The van der Waals surface area contributed by atoms with Gasteiger partial charge in [-0.25, -0.2) is 0 Å².